The lowest BCUT2D eigenvalue weighted by molar-refractivity contribution is -0.119. The lowest BCUT2D eigenvalue weighted by Crippen LogP contribution is -2.44. The second-order valence-corrected chi connectivity index (χ2v) is 8.24. The van der Waals surface area contributed by atoms with E-state index < -0.39 is 17.8 Å². The molecule has 4 aromatic rings. The minimum absolute atomic E-state index is 0.0766. The second-order valence-electron chi connectivity index (χ2n) is 7.83. The van der Waals surface area contributed by atoms with E-state index in [0.29, 0.717) is 16.8 Å². The number of para-hydroxylation sites is 1. The van der Waals surface area contributed by atoms with E-state index in [2.05, 4.69) is 10.3 Å². The summed E-state index contributed by atoms with van der Waals surface area (Å²) in [6, 6.07) is 18.4. The highest BCUT2D eigenvalue weighted by atomic mass is 35.5. The van der Waals surface area contributed by atoms with Crippen molar-refractivity contribution in [2.45, 2.75) is 12.0 Å². The Hall–Kier alpha value is -3.64. The zero-order valence-corrected chi connectivity index (χ0v) is 17.9. The molecule has 0 fully saturated rings. The molecule has 3 aromatic carbocycles. The van der Waals surface area contributed by atoms with Gasteiger partial charge < -0.3 is 15.2 Å². The lowest BCUT2D eigenvalue weighted by atomic mass is 9.79. The summed E-state index contributed by atoms with van der Waals surface area (Å²) in [4.78, 5) is 31.7. The fraction of sp³-hybridized carbons (Fsp3) is 0.120. The zero-order chi connectivity index (χ0) is 22.4. The molecule has 2 atom stereocenters. The number of anilines is 1. The number of nitrogens with zero attached hydrogens (tertiary/aromatic N) is 1. The number of amides is 2. The SMILES string of the molecule is CN1C(=O)c2ccccc2C(C(=O)Nc2ccc(F)c(Cl)c2)C1c1c[nH]c2ccccc12. The van der Waals surface area contributed by atoms with Crippen molar-refractivity contribution in [3.8, 4) is 0 Å². The molecule has 0 aliphatic carbocycles. The van der Waals surface area contributed by atoms with Crippen LogP contribution in [0, 0.1) is 5.82 Å². The number of H-pyrrole nitrogens is 1. The largest absolute Gasteiger partial charge is 0.361 e. The van der Waals surface area contributed by atoms with Crippen molar-refractivity contribution in [2.24, 2.45) is 0 Å². The fourth-order valence-electron chi connectivity index (χ4n) is 4.48. The first-order valence-electron chi connectivity index (χ1n) is 10.1. The summed E-state index contributed by atoms with van der Waals surface area (Å²) in [7, 11) is 1.71. The van der Waals surface area contributed by atoms with Crippen molar-refractivity contribution in [3.63, 3.8) is 0 Å². The van der Waals surface area contributed by atoms with Crippen molar-refractivity contribution in [1.82, 2.24) is 9.88 Å². The van der Waals surface area contributed by atoms with E-state index in [-0.39, 0.29) is 16.8 Å². The molecule has 0 radical (unpaired) electrons. The Morgan fingerprint density at radius 3 is 2.62 bits per heavy atom. The fourth-order valence-corrected chi connectivity index (χ4v) is 4.66. The summed E-state index contributed by atoms with van der Waals surface area (Å²) in [5.74, 6) is -1.70. The van der Waals surface area contributed by atoms with Crippen LogP contribution in [0.2, 0.25) is 5.02 Å². The molecule has 2 amide bonds. The van der Waals surface area contributed by atoms with Crippen LogP contribution in [0.3, 0.4) is 0 Å². The van der Waals surface area contributed by atoms with Gasteiger partial charge in [-0.2, -0.15) is 0 Å². The second kappa shape index (κ2) is 7.80. The Labute approximate surface area is 188 Å². The highest BCUT2D eigenvalue weighted by molar-refractivity contribution is 6.31. The highest BCUT2D eigenvalue weighted by Gasteiger charge is 2.43. The number of rotatable bonds is 3. The van der Waals surface area contributed by atoms with Gasteiger partial charge in [0.15, 0.2) is 0 Å². The van der Waals surface area contributed by atoms with Gasteiger partial charge in [-0.25, -0.2) is 4.39 Å². The van der Waals surface area contributed by atoms with Crippen LogP contribution in [0.15, 0.2) is 72.9 Å². The molecule has 0 spiro atoms. The number of hydrogen-bond donors (Lipinski definition) is 2. The number of carbonyl (C=O) groups is 2. The van der Waals surface area contributed by atoms with Crippen molar-refractivity contribution in [2.75, 3.05) is 12.4 Å². The van der Waals surface area contributed by atoms with Crippen LogP contribution in [0.5, 0.6) is 0 Å². The van der Waals surface area contributed by atoms with E-state index in [4.69, 9.17) is 11.6 Å². The molecule has 5 rings (SSSR count). The molecule has 5 nitrogen and oxygen atoms in total. The van der Waals surface area contributed by atoms with Crippen molar-refractivity contribution in [1.29, 1.82) is 0 Å². The van der Waals surface area contributed by atoms with E-state index in [1.54, 1.807) is 24.1 Å². The van der Waals surface area contributed by atoms with Crippen LogP contribution in [0.4, 0.5) is 10.1 Å². The number of hydrogen-bond acceptors (Lipinski definition) is 2. The molecular weight excluding hydrogens is 429 g/mol. The van der Waals surface area contributed by atoms with Crippen LogP contribution < -0.4 is 5.32 Å². The van der Waals surface area contributed by atoms with Gasteiger partial charge in [0.1, 0.15) is 5.82 Å². The number of halogens is 2. The van der Waals surface area contributed by atoms with Crippen molar-refractivity contribution in [3.05, 3.63) is 100 Å². The molecule has 160 valence electrons. The van der Waals surface area contributed by atoms with Gasteiger partial charge >= 0.3 is 0 Å². The summed E-state index contributed by atoms with van der Waals surface area (Å²) < 4.78 is 13.6. The number of fused-ring (bicyclic) bond motifs is 2. The normalized spacial score (nSPS) is 18.0. The molecule has 2 unspecified atom stereocenters. The van der Waals surface area contributed by atoms with Gasteiger partial charge in [0.05, 0.1) is 17.0 Å². The van der Waals surface area contributed by atoms with E-state index >= 15 is 0 Å². The van der Waals surface area contributed by atoms with Gasteiger partial charge in [0.25, 0.3) is 5.91 Å². The van der Waals surface area contributed by atoms with E-state index in [0.717, 1.165) is 16.5 Å². The summed E-state index contributed by atoms with van der Waals surface area (Å²) in [5, 5.41) is 3.72. The number of aromatic amines is 1. The number of aromatic nitrogens is 1. The Morgan fingerprint density at radius 2 is 1.81 bits per heavy atom. The van der Waals surface area contributed by atoms with Gasteiger partial charge in [-0.3, -0.25) is 9.59 Å². The molecular formula is C25H19ClFN3O2. The highest BCUT2D eigenvalue weighted by Crippen LogP contribution is 2.44. The Balaban J connectivity index is 1.64. The average Bonchev–Trinajstić information content (AvgIpc) is 3.22. The molecule has 2 N–H and O–H groups in total. The number of benzene rings is 3. The monoisotopic (exact) mass is 447 g/mol. The lowest BCUT2D eigenvalue weighted by Gasteiger charge is -2.39. The predicted molar refractivity (Wildman–Crippen MR) is 122 cm³/mol. The van der Waals surface area contributed by atoms with E-state index in [1.165, 1.54) is 18.2 Å². The summed E-state index contributed by atoms with van der Waals surface area (Å²) >= 11 is 5.90. The van der Waals surface area contributed by atoms with Gasteiger partial charge in [0, 0.05) is 41.0 Å². The van der Waals surface area contributed by atoms with Crippen LogP contribution in [0.25, 0.3) is 10.9 Å². The van der Waals surface area contributed by atoms with Crippen molar-refractivity contribution >= 4 is 40.0 Å². The van der Waals surface area contributed by atoms with Crippen LogP contribution >= 0.6 is 11.6 Å². The zero-order valence-electron chi connectivity index (χ0n) is 17.1. The minimum atomic E-state index is -0.683. The number of likely N-dealkylation sites (N-methyl/N-ethyl adjacent to an activating group) is 1. The van der Waals surface area contributed by atoms with Crippen LogP contribution in [-0.4, -0.2) is 28.7 Å². The molecule has 0 saturated heterocycles. The molecule has 2 heterocycles. The van der Waals surface area contributed by atoms with Crippen LogP contribution in [-0.2, 0) is 4.79 Å². The molecule has 1 aliphatic rings. The summed E-state index contributed by atoms with van der Waals surface area (Å²) in [6.45, 7) is 0. The van der Waals surface area contributed by atoms with Gasteiger partial charge in [-0.15, -0.1) is 0 Å². The van der Waals surface area contributed by atoms with Crippen LogP contribution in [0.1, 0.15) is 33.4 Å². The minimum Gasteiger partial charge on any atom is -0.361 e. The predicted octanol–water partition coefficient (Wildman–Crippen LogP) is 5.51. The Bertz CT molecular complexity index is 1370. The quantitative estimate of drug-likeness (QED) is 0.435. The third-order valence-corrected chi connectivity index (χ3v) is 6.28. The number of nitrogens with one attached hydrogen (secondary N) is 2. The molecule has 7 heteroatoms. The van der Waals surface area contributed by atoms with E-state index in [1.807, 2.05) is 42.6 Å². The molecule has 1 aromatic heterocycles. The van der Waals surface area contributed by atoms with Gasteiger partial charge in [0.2, 0.25) is 5.91 Å². The maximum Gasteiger partial charge on any atom is 0.254 e. The van der Waals surface area contributed by atoms with Crippen molar-refractivity contribution < 1.29 is 14.0 Å². The average molecular weight is 448 g/mol. The third kappa shape index (κ3) is 3.24. The Kier molecular flexibility index (Phi) is 4.94. The summed E-state index contributed by atoms with van der Waals surface area (Å²) in [5.41, 5.74) is 3.30. The molecule has 0 saturated carbocycles. The maximum absolute atomic E-state index is 13.6. The first kappa shape index (κ1) is 20.3. The third-order valence-electron chi connectivity index (χ3n) is 5.99. The topological polar surface area (TPSA) is 65.2 Å². The van der Waals surface area contributed by atoms with Gasteiger partial charge in [-0.05, 0) is 35.9 Å². The summed E-state index contributed by atoms with van der Waals surface area (Å²) in [6.07, 6.45) is 1.85. The standard InChI is InChI=1S/C25H19ClFN3O2/c1-30-23(18-13-28-21-9-5-4-6-15(18)21)22(16-7-2-3-8-17(16)25(30)32)24(31)29-14-10-11-20(27)19(26)12-14/h2-13,22-23,28H,1H3,(H,29,31). The molecule has 1 aliphatic heterocycles. The van der Waals surface area contributed by atoms with E-state index in [9.17, 15) is 14.0 Å². The maximum atomic E-state index is 13.6. The number of carbonyl (C=O) groups excluding carboxylic acids is 2. The smallest absolute Gasteiger partial charge is 0.254 e. The first-order valence-corrected chi connectivity index (χ1v) is 10.5. The molecule has 0 bridgehead atoms. The Morgan fingerprint density at radius 1 is 1.06 bits per heavy atom. The molecule has 32 heavy (non-hydrogen) atoms. The first-order chi connectivity index (χ1) is 15.5. The van der Waals surface area contributed by atoms with Gasteiger partial charge in [-0.1, -0.05) is 48.0 Å².